The molecular formula is C17H22F6N4O6. The van der Waals surface area contributed by atoms with E-state index in [1.165, 1.54) is 0 Å². The van der Waals surface area contributed by atoms with Gasteiger partial charge in [-0.05, 0) is 19.4 Å². The largest absolute Gasteiger partial charge is 0.490 e. The summed E-state index contributed by atoms with van der Waals surface area (Å²) >= 11 is 0. The fourth-order valence-corrected chi connectivity index (χ4v) is 2.81. The minimum Gasteiger partial charge on any atom is -0.475 e. The van der Waals surface area contributed by atoms with Gasteiger partial charge in [-0.25, -0.2) is 9.59 Å². The Balaban J connectivity index is 0.000000324. The molecule has 0 bridgehead atoms. The predicted molar refractivity (Wildman–Crippen MR) is 97.5 cm³/mol. The average Bonchev–Trinajstić information content (AvgIpc) is 3.24. The van der Waals surface area contributed by atoms with E-state index in [-0.39, 0.29) is 5.91 Å². The quantitative estimate of drug-likeness (QED) is 0.456. The number of carboxylic acid groups (broad SMARTS) is 2. The number of amides is 1. The summed E-state index contributed by atoms with van der Waals surface area (Å²) in [6.07, 6.45) is -6.24. The summed E-state index contributed by atoms with van der Waals surface area (Å²) in [4.78, 5) is 32.2. The van der Waals surface area contributed by atoms with E-state index < -0.39 is 24.3 Å². The van der Waals surface area contributed by atoms with Crippen LogP contribution in [0.15, 0.2) is 6.20 Å². The second-order valence-corrected chi connectivity index (χ2v) is 6.75. The van der Waals surface area contributed by atoms with Gasteiger partial charge in [0.1, 0.15) is 0 Å². The molecule has 1 unspecified atom stereocenters. The van der Waals surface area contributed by atoms with Crippen LogP contribution in [-0.4, -0.2) is 94.9 Å². The van der Waals surface area contributed by atoms with E-state index >= 15 is 0 Å². The lowest BCUT2D eigenvalue weighted by Gasteiger charge is -2.28. The second kappa shape index (κ2) is 12.4. The molecule has 4 N–H and O–H groups in total. The van der Waals surface area contributed by atoms with Crippen molar-refractivity contribution in [1.82, 2.24) is 20.4 Å². The molecule has 16 heteroatoms. The summed E-state index contributed by atoms with van der Waals surface area (Å²) in [7, 11) is 0. The molecule has 3 rings (SSSR count). The number of hydrogen-bond acceptors (Lipinski definition) is 6. The van der Waals surface area contributed by atoms with Crippen molar-refractivity contribution in [1.29, 1.82) is 0 Å². The van der Waals surface area contributed by atoms with Gasteiger partial charge in [-0.3, -0.25) is 9.89 Å². The van der Waals surface area contributed by atoms with Crippen LogP contribution in [0, 0.1) is 0 Å². The number of aromatic amines is 1. The van der Waals surface area contributed by atoms with Gasteiger partial charge in [0.2, 0.25) is 0 Å². The number of rotatable bonds is 2. The maximum atomic E-state index is 12.5. The van der Waals surface area contributed by atoms with Crippen LogP contribution in [0.25, 0.3) is 0 Å². The molecule has 0 saturated carbocycles. The molecule has 1 aromatic heterocycles. The number of morpholine rings is 1. The van der Waals surface area contributed by atoms with Crippen LogP contribution in [0.4, 0.5) is 26.3 Å². The van der Waals surface area contributed by atoms with Crippen molar-refractivity contribution < 1.29 is 55.7 Å². The smallest absolute Gasteiger partial charge is 0.475 e. The van der Waals surface area contributed by atoms with Gasteiger partial charge in [0.25, 0.3) is 5.91 Å². The van der Waals surface area contributed by atoms with E-state index in [2.05, 4.69) is 15.5 Å². The molecule has 0 aromatic carbocycles. The van der Waals surface area contributed by atoms with Gasteiger partial charge >= 0.3 is 24.3 Å². The third kappa shape index (κ3) is 9.65. The predicted octanol–water partition coefficient (Wildman–Crippen LogP) is 1.62. The minimum atomic E-state index is -5.08. The summed E-state index contributed by atoms with van der Waals surface area (Å²) in [6.45, 7) is 4.59. The Hall–Kier alpha value is -2.88. The van der Waals surface area contributed by atoms with E-state index in [0.717, 1.165) is 37.2 Å². The van der Waals surface area contributed by atoms with Crippen molar-refractivity contribution in [3.05, 3.63) is 17.5 Å². The van der Waals surface area contributed by atoms with Crippen molar-refractivity contribution in [3.8, 4) is 0 Å². The molecule has 2 aliphatic rings. The van der Waals surface area contributed by atoms with Crippen LogP contribution in [-0.2, 0) is 14.3 Å². The molecular weight excluding hydrogens is 470 g/mol. The number of carbonyl (C=O) groups excluding carboxylic acids is 1. The lowest BCUT2D eigenvalue weighted by atomic mass is 9.93. The Kier molecular flexibility index (Phi) is 10.6. The zero-order chi connectivity index (χ0) is 25.2. The SMILES string of the molecule is O=C(O)C(F)(F)F.O=C(O)C(F)(F)F.O=C(c1cn[nH]c1C1CCCNC1)N1CCOCC1. The Labute approximate surface area is 182 Å². The molecule has 188 valence electrons. The highest BCUT2D eigenvalue weighted by molar-refractivity contribution is 5.95. The average molecular weight is 492 g/mol. The first kappa shape index (κ1) is 28.2. The molecule has 0 aliphatic carbocycles. The van der Waals surface area contributed by atoms with Crippen LogP contribution in [0.3, 0.4) is 0 Å². The number of nitrogens with one attached hydrogen (secondary N) is 2. The molecule has 0 spiro atoms. The highest BCUT2D eigenvalue weighted by Gasteiger charge is 2.38. The van der Waals surface area contributed by atoms with Crippen molar-refractivity contribution >= 4 is 17.8 Å². The van der Waals surface area contributed by atoms with Crippen LogP contribution >= 0.6 is 0 Å². The number of piperidine rings is 1. The van der Waals surface area contributed by atoms with E-state index in [9.17, 15) is 31.1 Å². The van der Waals surface area contributed by atoms with Gasteiger partial charge in [-0.1, -0.05) is 0 Å². The third-order valence-electron chi connectivity index (χ3n) is 4.39. The molecule has 3 heterocycles. The normalized spacial score (nSPS) is 18.8. The standard InChI is InChI=1S/C13H20N4O2.2C2HF3O2/c18-13(17-4-6-19-7-5-17)11-9-15-16-12(11)10-2-1-3-14-8-10;2*3-2(4,5)1(6)7/h9-10,14H,1-8H2,(H,15,16);2*(H,6,7). The summed E-state index contributed by atoms with van der Waals surface area (Å²) in [5.74, 6) is -5.06. The van der Waals surface area contributed by atoms with Crippen molar-refractivity contribution in [2.75, 3.05) is 39.4 Å². The Morgan fingerprint density at radius 2 is 1.55 bits per heavy atom. The third-order valence-corrected chi connectivity index (χ3v) is 4.39. The first-order chi connectivity index (χ1) is 15.2. The molecule has 0 radical (unpaired) electrons. The number of carbonyl (C=O) groups is 3. The van der Waals surface area contributed by atoms with Crippen molar-refractivity contribution in [2.24, 2.45) is 0 Å². The molecule has 1 amide bonds. The molecule has 1 atom stereocenters. The van der Waals surface area contributed by atoms with E-state index in [0.29, 0.717) is 32.2 Å². The number of carboxylic acids is 2. The van der Waals surface area contributed by atoms with Crippen LogP contribution in [0.2, 0.25) is 0 Å². The number of alkyl halides is 6. The Morgan fingerprint density at radius 1 is 1.03 bits per heavy atom. The van der Waals surface area contributed by atoms with Gasteiger partial charge in [0, 0.05) is 25.6 Å². The number of hydrogen-bond donors (Lipinski definition) is 4. The van der Waals surface area contributed by atoms with Crippen molar-refractivity contribution in [3.63, 3.8) is 0 Å². The van der Waals surface area contributed by atoms with Gasteiger partial charge in [0.15, 0.2) is 0 Å². The molecule has 2 aliphatic heterocycles. The number of aliphatic carboxylic acids is 2. The zero-order valence-corrected chi connectivity index (χ0v) is 17.0. The van der Waals surface area contributed by atoms with Crippen LogP contribution in [0.5, 0.6) is 0 Å². The molecule has 33 heavy (non-hydrogen) atoms. The summed E-state index contributed by atoms with van der Waals surface area (Å²) in [5.41, 5.74) is 1.72. The maximum absolute atomic E-state index is 12.5. The highest BCUT2D eigenvalue weighted by Crippen LogP contribution is 2.25. The highest BCUT2D eigenvalue weighted by atomic mass is 19.4. The number of halogens is 6. The summed E-state index contributed by atoms with van der Waals surface area (Å²) in [6, 6.07) is 0. The number of ether oxygens (including phenoxy) is 1. The van der Waals surface area contributed by atoms with Gasteiger partial charge in [0.05, 0.1) is 30.7 Å². The van der Waals surface area contributed by atoms with Gasteiger partial charge < -0.3 is 25.2 Å². The number of nitrogens with zero attached hydrogens (tertiary/aromatic N) is 2. The first-order valence-corrected chi connectivity index (χ1v) is 9.46. The zero-order valence-electron chi connectivity index (χ0n) is 17.0. The minimum absolute atomic E-state index is 0.0811. The Bertz CT molecular complexity index is 762. The summed E-state index contributed by atoms with van der Waals surface area (Å²) < 4.78 is 68.8. The van der Waals surface area contributed by atoms with E-state index in [1.807, 2.05) is 4.90 Å². The lowest BCUT2D eigenvalue weighted by Crippen LogP contribution is -2.41. The van der Waals surface area contributed by atoms with E-state index in [4.69, 9.17) is 24.5 Å². The fraction of sp³-hybridized carbons (Fsp3) is 0.647. The topological polar surface area (TPSA) is 145 Å². The molecule has 2 fully saturated rings. The van der Waals surface area contributed by atoms with Gasteiger partial charge in [-0.2, -0.15) is 31.4 Å². The van der Waals surface area contributed by atoms with Crippen LogP contribution in [0.1, 0.15) is 34.8 Å². The summed E-state index contributed by atoms with van der Waals surface area (Å²) in [5, 5.41) is 24.7. The maximum Gasteiger partial charge on any atom is 0.490 e. The second-order valence-electron chi connectivity index (χ2n) is 6.75. The van der Waals surface area contributed by atoms with Gasteiger partial charge in [-0.15, -0.1) is 0 Å². The fourth-order valence-electron chi connectivity index (χ4n) is 2.81. The number of aromatic nitrogens is 2. The van der Waals surface area contributed by atoms with E-state index in [1.54, 1.807) is 6.20 Å². The van der Waals surface area contributed by atoms with Crippen molar-refractivity contribution in [2.45, 2.75) is 31.1 Å². The molecule has 10 nitrogen and oxygen atoms in total. The first-order valence-electron chi connectivity index (χ1n) is 9.46. The van der Waals surface area contributed by atoms with Crippen LogP contribution < -0.4 is 5.32 Å². The molecule has 2 saturated heterocycles. The monoisotopic (exact) mass is 492 g/mol. The Morgan fingerprint density at radius 3 is 1.97 bits per heavy atom. The molecule has 1 aromatic rings. The lowest BCUT2D eigenvalue weighted by molar-refractivity contribution is -0.193. The number of H-pyrrole nitrogens is 1.